The average Bonchev–Trinajstić information content (AvgIpc) is 2.39. The van der Waals surface area contributed by atoms with Crippen LogP contribution in [0.1, 0.15) is 46.0 Å². The summed E-state index contributed by atoms with van der Waals surface area (Å²) in [5, 5.41) is 3.85. The maximum Gasteiger partial charge on any atom is 0.146 e. The van der Waals surface area contributed by atoms with E-state index in [0.717, 1.165) is 5.88 Å². The summed E-state index contributed by atoms with van der Waals surface area (Å²) >= 11 is 1.90. The number of hydrogen-bond acceptors (Lipinski definition) is 2. The highest BCUT2D eigenvalue weighted by Crippen LogP contribution is 2.22. The van der Waals surface area contributed by atoms with Gasteiger partial charge in [0.15, 0.2) is 0 Å². The molecule has 0 saturated heterocycles. The smallest absolute Gasteiger partial charge is 0.146 e. The van der Waals surface area contributed by atoms with Crippen molar-refractivity contribution in [1.82, 2.24) is 0 Å². The van der Waals surface area contributed by atoms with Crippen LogP contribution in [0.15, 0.2) is 24.3 Å². The van der Waals surface area contributed by atoms with E-state index in [9.17, 15) is 4.39 Å². The lowest BCUT2D eigenvalue weighted by Crippen LogP contribution is -2.07. The van der Waals surface area contributed by atoms with Crippen LogP contribution in [0, 0.1) is 5.82 Å². The maximum absolute atomic E-state index is 13.4. The Morgan fingerprint density at radius 1 is 1.22 bits per heavy atom. The van der Waals surface area contributed by atoms with Crippen LogP contribution in [0.5, 0.6) is 0 Å². The highest BCUT2D eigenvalue weighted by atomic mass is 32.2. The van der Waals surface area contributed by atoms with Gasteiger partial charge in [-0.05, 0) is 25.0 Å². The molecule has 0 heterocycles. The van der Waals surface area contributed by atoms with E-state index in [1.54, 1.807) is 12.1 Å². The minimum Gasteiger partial charge on any atom is -0.374 e. The molecule has 0 bridgehead atoms. The standard InChI is InChI=1S/C15H24FNS/c1-3-5-6-9-13(4-2)18-12-17-15-11-8-7-10-14(15)16/h7-8,10-11,13,17H,3-6,9,12H2,1-2H3/t13-/m0/s1. The molecule has 1 rings (SSSR count). The number of benzene rings is 1. The van der Waals surface area contributed by atoms with Crippen LogP contribution in [0.4, 0.5) is 10.1 Å². The molecule has 0 spiro atoms. The molecular formula is C15H24FNS. The van der Waals surface area contributed by atoms with Crippen molar-refractivity contribution in [2.45, 2.75) is 51.2 Å². The van der Waals surface area contributed by atoms with Crippen LogP contribution >= 0.6 is 11.8 Å². The van der Waals surface area contributed by atoms with Gasteiger partial charge in [0, 0.05) is 5.25 Å². The first-order chi connectivity index (χ1) is 8.77. The first-order valence-corrected chi connectivity index (χ1v) is 7.92. The van der Waals surface area contributed by atoms with Gasteiger partial charge in [-0.1, -0.05) is 45.2 Å². The number of rotatable bonds is 9. The molecule has 18 heavy (non-hydrogen) atoms. The van der Waals surface area contributed by atoms with E-state index < -0.39 is 0 Å². The molecule has 1 aromatic rings. The fourth-order valence-corrected chi connectivity index (χ4v) is 2.91. The number of anilines is 1. The van der Waals surface area contributed by atoms with Crippen LogP contribution in [0.2, 0.25) is 0 Å². The van der Waals surface area contributed by atoms with Gasteiger partial charge in [-0.2, -0.15) is 0 Å². The SMILES string of the molecule is CCCCC[C@H](CC)SCNc1ccccc1F. The molecule has 1 aromatic carbocycles. The normalized spacial score (nSPS) is 12.4. The van der Waals surface area contributed by atoms with E-state index in [-0.39, 0.29) is 5.82 Å². The summed E-state index contributed by atoms with van der Waals surface area (Å²) < 4.78 is 13.4. The van der Waals surface area contributed by atoms with Crippen molar-refractivity contribution in [3.05, 3.63) is 30.1 Å². The van der Waals surface area contributed by atoms with E-state index in [1.807, 2.05) is 17.8 Å². The minimum absolute atomic E-state index is 0.169. The zero-order chi connectivity index (χ0) is 13.2. The molecule has 0 aliphatic rings. The third kappa shape index (κ3) is 5.76. The highest BCUT2D eigenvalue weighted by molar-refractivity contribution is 7.99. The number of para-hydroxylation sites is 1. The van der Waals surface area contributed by atoms with E-state index in [2.05, 4.69) is 19.2 Å². The molecule has 0 unspecified atom stereocenters. The van der Waals surface area contributed by atoms with Gasteiger partial charge in [0.25, 0.3) is 0 Å². The number of unbranched alkanes of at least 4 members (excludes halogenated alkanes) is 2. The molecule has 0 aromatic heterocycles. The van der Waals surface area contributed by atoms with Gasteiger partial charge >= 0.3 is 0 Å². The Bertz CT molecular complexity index is 330. The van der Waals surface area contributed by atoms with Crippen molar-refractivity contribution in [2.24, 2.45) is 0 Å². The van der Waals surface area contributed by atoms with Crippen molar-refractivity contribution >= 4 is 17.4 Å². The van der Waals surface area contributed by atoms with Gasteiger partial charge in [-0.15, -0.1) is 11.8 Å². The molecule has 0 fully saturated rings. The largest absolute Gasteiger partial charge is 0.374 e. The molecule has 1 atom stereocenters. The second kappa shape index (κ2) is 9.26. The van der Waals surface area contributed by atoms with Gasteiger partial charge in [0.2, 0.25) is 0 Å². The van der Waals surface area contributed by atoms with Crippen molar-refractivity contribution in [3.63, 3.8) is 0 Å². The molecule has 1 N–H and O–H groups in total. The quantitative estimate of drug-likeness (QED) is 0.483. The zero-order valence-electron chi connectivity index (χ0n) is 11.4. The van der Waals surface area contributed by atoms with Gasteiger partial charge < -0.3 is 5.32 Å². The van der Waals surface area contributed by atoms with Crippen molar-refractivity contribution in [1.29, 1.82) is 0 Å². The molecule has 0 aliphatic heterocycles. The molecule has 1 nitrogen and oxygen atoms in total. The molecule has 0 radical (unpaired) electrons. The summed E-state index contributed by atoms with van der Waals surface area (Å²) in [5.41, 5.74) is 0.605. The zero-order valence-corrected chi connectivity index (χ0v) is 12.2. The van der Waals surface area contributed by atoms with Crippen LogP contribution in [-0.2, 0) is 0 Å². The summed E-state index contributed by atoms with van der Waals surface area (Å²) in [5.74, 6) is 0.614. The van der Waals surface area contributed by atoms with Gasteiger partial charge in [0.1, 0.15) is 5.82 Å². The van der Waals surface area contributed by atoms with E-state index in [0.29, 0.717) is 10.9 Å². The fourth-order valence-electron chi connectivity index (χ4n) is 1.87. The Morgan fingerprint density at radius 2 is 2.00 bits per heavy atom. The van der Waals surface area contributed by atoms with Gasteiger partial charge in [0.05, 0.1) is 11.6 Å². The lowest BCUT2D eigenvalue weighted by Gasteiger charge is -2.15. The van der Waals surface area contributed by atoms with E-state index in [4.69, 9.17) is 0 Å². The summed E-state index contributed by atoms with van der Waals surface area (Å²) in [4.78, 5) is 0. The van der Waals surface area contributed by atoms with Crippen molar-refractivity contribution in [2.75, 3.05) is 11.2 Å². The summed E-state index contributed by atoms with van der Waals surface area (Å²) in [7, 11) is 0. The summed E-state index contributed by atoms with van der Waals surface area (Å²) in [6, 6.07) is 6.85. The Hall–Kier alpha value is -0.700. The van der Waals surface area contributed by atoms with Crippen LogP contribution in [0.3, 0.4) is 0 Å². The third-order valence-corrected chi connectivity index (χ3v) is 4.39. The first kappa shape index (κ1) is 15.4. The monoisotopic (exact) mass is 269 g/mol. The first-order valence-electron chi connectivity index (χ1n) is 6.87. The molecule has 3 heteroatoms. The average molecular weight is 269 g/mol. The second-order valence-corrected chi connectivity index (χ2v) is 5.78. The Kier molecular flexibility index (Phi) is 7.90. The lowest BCUT2D eigenvalue weighted by molar-refractivity contribution is 0.630. The van der Waals surface area contributed by atoms with Crippen molar-refractivity contribution < 1.29 is 4.39 Å². The van der Waals surface area contributed by atoms with Crippen LogP contribution in [0.25, 0.3) is 0 Å². The molecule has 0 saturated carbocycles. The van der Waals surface area contributed by atoms with E-state index in [1.165, 1.54) is 38.2 Å². The van der Waals surface area contributed by atoms with Crippen LogP contribution in [-0.4, -0.2) is 11.1 Å². The molecule has 0 aliphatic carbocycles. The Balaban J connectivity index is 2.24. The summed E-state index contributed by atoms with van der Waals surface area (Å²) in [6.07, 6.45) is 6.36. The molecule has 0 amide bonds. The molecule has 102 valence electrons. The number of hydrogen-bond donors (Lipinski definition) is 1. The predicted molar refractivity (Wildman–Crippen MR) is 80.7 cm³/mol. The second-order valence-electron chi connectivity index (χ2n) is 4.49. The topological polar surface area (TPSA) is 12.0 Å². The van der Waals surface area contributed by atoms with Gasteiger partial charge in [-0.25, -0.2) is 4.39 Å². The maximum atomic E-state index is 13.4. The van der Waals surface area contributed by atoms with Crippen molar-refractivity contribution in [3.8, 4) is 0 Å². The lowest BCUT2D eigenvalue weighted by atomic mass is 10.1. The molecular weight excluding hydrogens is 245 g/mol. The fraction of sp³-hybridized carbons (Fsp3) is 0.600. The Morgan fingerprint density at radius 3 is 2.67 bits per heavy atom. The number of halogens is 1. The van der Waals surface area contributed by atoms with Gasteiger partial charge in [-0.3, -0.25) is 0 Å². The number of nitrogens with one attached hydrogen (secondary N) is 1. The minimum atomic E-state index is -0.169. The van der Waals surface area contributed by atoms with E-state index >= 15 is 0 Å². The Labute approximate surface area is 115 Å². The summed E-state index contributed by atoms with van der Waals surface area (Å²) in [6.45, 7) is 4.46. The van der Waals surface area contributed by atoms with Crippen LogP contribution < -0.4 is 5.32 Å². The predicted octanol–water partition coefficient (Wildman–Crippen LogP) is 5.29. The number of thioether (sulfide) groups is 1. The highest BCUT2D eigenvalue weighted by Gasteiger charge is 2.06. The third-order valence-electron chi connectivity index (χ3n) is 3.04.